The summed E-state index contributed by atoms with van der Waals surface area (Å²) in [4.78, 5) is 11.2. The predicted molar refractivity (Wildman–Crippen MR) is 77.8 cm³/mol. The van der Waals surface area contributed by atoms with E-state index in [9.17, 15) is 18.3 Å². The molecule has 112 valence electrons. The summed E-state index contributed by atoms with van der Waals surface area (Å²) in [6, 6.07) is 0.189. The molecule has 1 aromatic rings. The Balaban J connectivity index is 2.39. The highest BCUT2D eigenvalue weighted by molar-refractivity contribution is 9.11. The molecule has 1 aromatic heterocycles. The van der Waals surface area contributed by atoms with Crippen LogP contribution in [0.1, 0.15) is 6.42 Å². The number of hydrogen-bond acceptors (Lipinski definition) is 5. The largest absolute Gasteiger partial charge is 0.480 e. The Morgan fingerprint density at radius 1 is 1.65 bits per heavy atom. The van der Waals surface area contributed by atoms with Crippen LogP contribution in [0.25, 0.3) is 0 Å². The molecule has 0 saturated carbocycles. The van der Waals surface area contributed by atoms with Gasteiger partial charge in [-0.2, -0.15) is 4.31 Å². The molecular weight excluding hydrogens is 394 g/mol. The van der Waals surface area contributed by atoms with E-state index >= 15 is 0 Å². The third-order valence-electron chi connectivity index (χ3n) is 3.02. The molecule has 1 fully saturated rings. The van der Waals surface area contributed by atoms with Crippen molar-refractivity contribution in [3.63, 3.8) is 0 Å². The van der Waals surface area contributed by atoms with Crippen molar-refractivity contribution in [2.45, 2.75) is 22.8 Å². The maximum Gasteiger partial charge on any atom is 0.322 e. The zero-order valence-electron chi connectivity index (χ0n) is 10.2. The Labute approximate surface area is 133 Å². The molecule has 1 aliphatic rings. The van der Waals surface area contributed by atoms with Crippen LogP contribution in [0.15, 0.2) is 14.1 Å². The molecule has 1 N–H and O–H groups in total. The number of hydrogen-bond donors (Lipinski definition) is 1. The second-order valence-electron chi connectivity index (χ2n) is 4.21. The molecule has 1 saturated heterocycles. The molecule has 2 atom stereocenters. The predicted octanol–water partition coefficient (Wildman–Crippen LogP) is 2.03. The van der Waals surface area contributed by atoms with Gasteiger partial charge in [-0.05, 0) is 22.0 Å². The van der Waals surface area contributed by atoms with Gasteiger partial charge in [-0.1, -0.05) is 11.6 Å². The molecule has 2 heterocycles. The summed E-state index contributed by atoms with van der Waals surface area (Å²) in [6.07, 6.45) is -0.296. The molecule has 0 amide bonds. The first-order valence-corrected chi connectivity index (χ1v) is 8.92. The number of aliphatic carboxylic acids is 1. The Kier molecular flexibility index (Phi) is 4.77. The van der Waals surface area contributed by atoms with E-state index < -0.39 is 28.1 Å². The topological polar surface area (TPSA) is 83.9 Å². The number of carboxylic acids is 1. The van der Waals surface area contributed by atoms with Crippen LogP contribution in [-0.4, -0.2) is 49.6 Å². The van der Waals surface area contributed by atoms with Crippen LogP contribution in [0, 0.1) is 0 Å². The summed E-state index contributed by atoms with van der Waals surface area (Å²) in [6.45, 7) is 0.0168. The van der Waals surface area contributed by atoms with Crippen molar-refractivity contribution in [1.29, 1.82) is 0 Å². The molecule has 1 aliphatic heterocycles. The molecule has 0 radical (unpaired) electrons. The van der Waals surface area contributed by atoms with Gasteiger partial charge >= 0.3 is 5.97 Å². The van der Waals surface area contributed by atoms with Gasteiger partial charge in [0.15, 0.2) is 0 Å². The number of thiophene rings is 1. The molecule has 0 bridgehead atoms. The second kappa shape index (κ2) is 5.90. The molecule has 0 aromatic carbocycles. The average molecular weight is 405 g/mol. The average Bonchev–Trinajstić information content (AvgIpc) is 2.95. The first kappa shape index (κ1) is 16.2. The Hall–Kier alpha value is -0.190. The highest BCUT2D eigenvalue weighted by Crippen LogP contribution is 2.38. The van der Waals surface area contributed by atoms with Gasteiger partial charge in [0.05, 0.1) is 14.9 Å². The molecule has 0 aliphatic carbocycles. The van der Waals surface area contributed by atoms with Crippen molar-refractivity contribution in [3.05, 3.63) is 14.9 Å². The van der Waals surface area contributed by atoms with E-state index in [0.717, 1.165) is 15.6 Å². The lowest BCUT2D eigenvalue weighted by atomic mass is 10.2. The number of methoxy groups -OCH3 is 1. The van der Waals surface area contributed by atoms with Crippen LogP contribution in [0.5, 0.6) is 0 Å². The van der Waals surface area contributed by atoms with Gasteiger partial charge in [0.2, 0.25) is 0 Å². The van der Waals surface area contributed by atoms with Crippen LogP contribution in [0.4, 0.5) is 0 Å². The second-order valence-corrected chi connectivity index (χ2v) is 9.10. The number of carbonyl (C=O) groups is 1. The SMILES string of the molecule is COC1CC(C(=O)O)N(S(=O)(=O)c2cc(Cl)c(Br)s2)C1. The monoisotopic (exact) mass is 403 g/mol. The van der Waals surface area contributed by atoms with Crippen molar-refractivity contribution in [2.75, 3.05) is 13.7 Å². The number of ether oxygens (including phenoxy) is 1. The van der Waals surface area contributed by atoms with Crippen molar-refractivity contribution in [1.82, 2.24) is 4.31 Å². The summed E-state index contributed by atoms with van der Waals surface area (Å²) in [5, 5.41) is 9.45. The maximum atomic E-state index is 12.5. The first-order valence-electron chi connectivity index (χ1n) is 5.49. The number of rotatable bonds is 4. The smallest absolute Gasteiger partial charge is 0.322 e. The van der Waals surface area contributed by atoms with E-state index in [1.54, 1.807) is 0 Å². The summed E-state index contributed by atoms with van der Waals surface area (Å²) >= 11 is 9.94. The number of nitrogens with zero attached hydrogens (tertiary/aromatic N) is 1. The van der Waals surface area contributed by atoms with Crippen molar-refractivity contribution < 1.29 is 23.1 Å². The number of sulfonamides is 1. The van der Waals surface area contributed by atoms with Gasteiger partial charge in [0.25, 0.3) is 10.0 Å². The fourth-order valence-corrected chi connectivity index (χ4v) is 6.15. The summed E-state index contributed by atoms with van der Waals surface area (Å²) < 4.78 is 31.6. The lowest BCUT2D eigenvalue weighted by molar-refractivity contribution is -0.140. The van der Waals surface area contributed by atoms with Crippen molar-refractivity contribution in [3.8, 4) is 0 Å². The Morgan fingerprint density at radius 3 is 2.75 bits per heavy atom. The minimum Gasteiger partial charge on any atom is -0.480 e. The third kappa shape index (κ3) is 2.88. The summed E-state index contributed by atoms with van der Waals surface area (Å²) in [7, 11) is -2.47. The highest BCUT2D eigenvalue weighted by Gasteiger charge is 2.44. The van der Waals surface area contributed by atoms with E-state index in [0.29, 0.717) is 3.79 Å². The normalized spacial score (nSPS) is 24.1. The molecular formula is C10H11BrClNO5S2. The van der Waals surface area contributed by atoms with Gasteiger partial charge in [-0.3, -0.25) is 4.79 Å². The fraction of sp³-hybridized carbons (Fsp3) is 0.500. The van der Waals surface area contributed by atoms with Crippen LogP contribution in [0.2, 0.25) is 5.02 Å². The maximum absolute atomic E-state index is 12.5. The third-order valence-corrected chi connectivity index (χ3v) is 7.82. The van der Waals surface area contributed by atoms with E-state index in [4.69, 9.17) is 16.3 Å². The summed E-state index contributed by atoms with van der Waals surface area (Å²) in [5.74, 6) is -1.19. The van der Waals surface area contributed by atoms with Crippen LogP contribution in [0.3, 0.4) is 0 Å². The highest BCUT2D eigenvalue weighted by atomic mass is 79.9. The summed E-state index contributed by atoms with van der Waals surface area (Å²) in [5.41, 5.74) is 0. The quantitative estimate of drug-likeness (QED) is 0.830. The molecule has 2 unspecified atom stereocenters. The van der Waals surface area contributed by atoms with Crippen molar-refractivity contribution >= 4 is 54.9 Å². The molecule has 6 nitrogen and oxygen atoms in total. The number of halogens is 2. The van der Waals surface area contributed by atoms with Gasteiger partial charge in [0, 0.05) is 20.1 Å². The van der Waals surface area contributed by atoms with Gasteiger partial charge in [0.1, 0.15) is 10.3 Å². The Morgan fingerprint density at radius 2 is 2.30 bits per heavy atom. The van der Waals surface area contributed by atoms with Gasteiger partial charge < -0.3 is 9.84 Å². The van der Waals surface area contributed by atoms with Crippen molar-refractivity contribution in [2.24, 2.45) is 0 Å². The minimum atomic E-state index is -3.90. The first-order chi connectivity index (χ1) is 9.27. The van der Waals surface area contributed by atoms with E-state index in [1.807, 2.05) is 0 Å². The fourth-order valence-electron chi connectivity index (χ4n) is 2.00. The van der Waals surface area contributed by atoms with E-state index in [1.165, 1.54) is 13.2 Å². The Bertz CT molecular complexity index is 612. The zero-order valence-corrected chi connectivity index (χ0v) is 14.2. The minimum absolute atomic E-state index is 0.0115. The number of carboxylic acid groups (broad SMARTS) is 1. The van der Waals surface area contributed by atoms with Crippen LogP contribution in [-0.2, 0) is 19.6 Å². The lowest BCUT2D eigenvalue weighted by Crippen LogP contribution is -2.40. The lowest BCUT2D eigenvalue weighted by Gasteiger charge is -2.19. The van der Waals surface area contributed by atoms with E-state index in [-0.39, 0.29) is 22.2 Å². The van der Waals surface area contributed by atoms with Crippen LogP contribution < -0.4 is 0 Å². The van der Waals surface area contributed by atoms with E-state index in [2.05, 4.69) is 15.9 Å². The van der Waals surface area contributed by atoms with Crippen LogP contribution >= 0.6 is 38.9 Å². The van der Waals surface area contributed by atoms with Gasteiger partial charge in [-0.15, -0.1) is 11.3 Å². The molecule has 0 spiro atoms. The molecule has 20 heavy (non-hydrogen) atoms. The van der Waals surface area contributed by atoms with Gasteiger partial charge in [-0.25, -0.2) is 8.42 Å². The molecule has 2 rings (SSSR count). The standard InChI is InChI=1S/C10H11BrClNO5S2/c1-18-5-2-7(10(14)15)13(4-5)20(16,17)8-3-6(12)9(11)19-8/h3,5,7H,2,4H2,1H3,(H,14,15). The zero-order chi connectivity index (χ0) is 15.1. The molecule has 10 heteroatoms.